The number of hydrogen-bond acceptors (Lipinski definition) is 5. The number of likely N-dealkylation sites (tertiary alicyclic amines) is 1. The molecule has 33 heavy (non-hydrogen) atoms. The van der Waals surface area contributed by atoms with Crippen LogP contribution in [0, 0.1) is 0 Å². The topological polar surface area (TPSA) is 67.4 Å². The Morgan fingerprint density at radius 2 is 1.76 bits per heavy atom. The number of methoxy groups -OCH3 is 3. The third kappa shape index (κ3) is 7.40. The van der Waals surface area contributed by atoms with Crippen molar-refractivity contribution in [1.82, 2.24) is 15.5 Å². The summed E-state index contributed by atoms with van der Waals surface area (Å²) in [5, 5.41) is 6.92. The van der Waals surface area contributed by atoms with Crippen LogP contribution in [0.4, 0.5) is 0 Å². The molecular formula is C25H37IN4O3. The van der Waals surface area contributed by atoms with E-state index in [0.717, 1.165) is 49.2 Å². The van der Waals surface area contributed by atoms with Crippen LogP contribution < -0.4 is 24.8 Å². The van der Waals surface area contributed by atoms with E-state index in [9.17, 15) is 0 Å². The number of ether oxygens (including phenoxy) is 3. The van der Waals surface area contributed by atoms with Crippen molar-refractivity contribution in [2.75, 3.05) is 47.5 Å². The second-order valence-corrected chi connectivity index (χ2v) is 7.76. The summed E-state index contributed by atoms with van der Waals surface area (Å²) in [7, 11) is 5.02. The maximum absolute atomic E-state index is 5.55. The van der Waals surface area contributed by atoms with Crippen molar-refractivity contribution in [3.8, 4) is 17.2 Å². The first-order chi connectivity index (χ1) is 15.7. The van der Waals surface area contributed by atoms with E-state index in [4.69, 9.17) is 19.2 Å². The molecule has 1 unspecified atom stereocenters. The fourth-order valence-corrected chi connectivity index (χ4v) is 4.14. The third-order valence-electron chi connectivity index (χ3n) is 5.76. The molecule has 0 spiro atoms. The van der Waals surface area contributed by atoms with Crippen LogP contribution in [0.2, 0.25) is 0 Å². The number of rotatable bonds is 10. The molecule has 2 aromatic rings. The van der Waals surface area contributed by atoms with E-state index in [1.165, 1.54) is 18.4 Å². The number of nitrogens with one attached hydrogen (secondary N) is 2. The molecule has 0 bridgehead atoms. The number of para-hydroxylation sites is 1. The third-order valence-corrected chi connectivity index (χ3v) is 5.76. The lowest BCUT2D eigenvalue weighted by molar-refractivity contribution is 0.245. The molecule has 1 atom stereocenters. The lowest BCUT2D eigenvalue weighted by Gasteiger charge is -2.29. The predicted octanol–water partition coefficient (Wildman–Crippen LogP) is 4.22. The van der Waals surface area contributed by atoms with Crippen LogP contribution in [-0.2, 0) is 6.54 Å². The molecule has 1 aliphatic rings. The summed E-state index contributed by atoms with van der Waals surface area (Å²) in [5.74, 6) is 3.10. The van der Waals surface area contributed by atoms with Crippen LogP contribution >= 0.6 is 24.0 Å². The first-order valence-electron chi connectivity index (χ1n) is 11.3. The number of hydrogen-bond donors (Lipinski definition) is 2. The van der Waals surface area contributed by atoms with Crippen LogP contribution in [0.15, 0.2) is 47.5 Å². The monoisotopic (exact) mass is 568 g/mol. The molecule has 1 heterocycles. The minimum atomic E-state index is 0. The summed E-state index contributed by atoms with van der Waals surface area (Å²) >= 11 is 0. The molecule has 2 N–H and O–H groups in total. The fraction of sp³-hybridized carbons (Fsp3) is 0.480. The molecule has 2 aromatic carbocycles. The number of benzene rings is 2. The van der Waals surface area contributed by atoms with Crippen molar-refractivity contribution in [2.24, 2.45) is 4.99 Å². The average molecular weight is 569 g/mol. The van der Waals surface area contributed by atoms with Crippen molar-refractivity contribution in [2.45, 2.75) is 32.4 Å². The Balaban J connectivity index is 0.00000385. The Bertz CT molecular complexity index is 888. The molecule has 7 nitrogen and oxygen atoms in total. The Kier molecular flexibility index (Phi) is 11.6. The molecule has 0 aromatic heterocycles. The van der Waals surface area contributed by atoms with Gasteiger partial charge in [-0.15, -0.1) is 24.0 Å². The van der Waals surface area contributed by atoms with Gasteiger partial charge in [0.25, 0.3) is 0 Å². The molecular weight excluding hydrogens is 531 g/mol. The van der Waals surface area contributed by atoms with Crippen molar-refractivity contribution in [3.63, 3.8) is 0 Å². The van der Waals surface area contributed by atoms with Gasteiger partial charge in [-0.2, -0.15) is 0 Å². The standard InChI is InChI=1S/C25H36N4O3.HI/c1-5-26-25(27-17-20-11-9-13-23(31-3)24(20)32-4)28-18-22(29-14-6-7-15-29)19-10-8-12-21(16-19)30-2;/h8-13,16,22H,5-7,14-15,17-18H2,1-4H3,(H2,26,27,28);1H. The summed E-state index contributed by atoms with van der Waals surface area (Å²) in [6.07, 6.45) is 2.48. The lowest BCUT2D eigenvalue weighted by Crippen LogP contribution is -2.42. The van der Waals surface area contributed by atoms with Crippen molar-refractivity contribution < 1.29 is 14.2 Å². The molecule has 1 fully saturated rings. The molecule has 3 rings (SSSR count). The zero-order valence-electron chi connectivity index (χ0n) is 20.1. The summed E-state index contributed by atoms with van der Waals surface area (Å²) in [6, 6.07) is 14.5. The number of guanidine groups is 1. The minimum Gasteiger partial charge on any atom is -0.497 e. The largest absolute Gasteiger partial charge is 0.497 e. The average Bonchev–Trinajstić information content (AvgIpc) is 3.37. The van der Waals surface area contributed by atoms with E-state index in [-0.39, 0.29) is 30.0 Å². The maximum Gasteiger partial charge on any atom is 0.191 e. The molecule has 0 saturated carbocycles. The van der Waals surface area contributed by atoms with Gasteiger partial charge in [0.15, 0.2) is 17.5 Å². The van der Waals surface area contributed by atoms with E-state index in [1.54, 1.807) is 21.3 Å². The normalized spacial score (nSPS) is 14.8. The van der Waals surface area contributed by atoms with Crippen LogP contribution in [0.1, 0.15) is 36.9 Å². The second kappa shape index (κ2) is 14.1. The number of nitrogens with zero attached hydrogens (tertiary/aromatic N) is 2. The van der Waals surface area contributed by atoms with Gasteiger partial charge in [-0.1, -0.05) is 24.3 Å². The molecule has 1 saturated heterocycles. The number of halogens is 1. The lowest BCUT2D eigenvalue weighted by atomic mass is 10.1. The van der Waals surface area contributed by atoms with Crippen LogP contribution in [0.5, 0.6) is 17.2 Å². The van der Waals surface area contributed by atoms with E-state index in [1.807, 2.05) is 24.3 Å². The zero-order chi connectivity index (χ0) is 22.8. The van der Waals surface area contributed by atoms with E-state index < -0.39 is 0 Å². The van der Waals surface area contributed by atoms with Crippen molar-refractivity contribution >= 4 is 29.9 Å². The Hall–Kier alpha value is -2.20. The maximum atomic E-state index is 5.55. The van der Waals surface area contributed by atoms with E-state index >= 15 is 0 Å². The van der Waals surface area contributed by atoms with E-state index in [2.05, 4.69) is 40.7 Å². The molecule has 1 aliphatic heterocycles. The highest BCUT2D eigenvalue weighted by molar-refractivity contribution is 14.0. The highest BCUT2D eigenvalue weighted by Gasteiger charge is 2.24. The molecule has 0 amide bonds. The highest BCUT2D eigenvalue weighted by Crippen LogP contribution is 2.31. The smallest absolute Gasteiger partial charge is 0.191 e. The summed E-state index contributed by atoms with van der Waals surface area (Å²) < 4.78 is 16.4. The second-order valence-electron chi connectivity index (χ2n) is 7.76. The van der Waals surface area contributed by atoms with Gasteiger partial charge >= 0.3 is 0 Å². The quantitative estimate of drug-likeness (QED) is 0.254. The van der Waals surface area contributed by atoms with Crippen LogP contribution in [-0.4, -0.2) is 58.4 Å². The van der Waals surface area contributed by atoms with E-state index in [0.29, 0.717) is 12.3 Å². The summed E-state index contributed by atoms with van der Waals surface area (Å²) in [5.41, 5.74) is 2.23. The Morgan fingerprint density at radius 1 is 1.00 bits per heavy atom. The van der Waals surface area contributed by atoms with Crippen LogP contribution in [0.25, 0.3) is 0 Å². The van der Waals surface area contributed by atoms with Gasteiger partial charge in [0.05, 0.1) is 33.9 Å². The van der Waals surface area contributed by atoms with Crippen molar-refractivity contribution in [1.29, 1.82) is 0 Å². The molecule has 182 valence electrons. The summed E-state index contributed by atoms with van der Waals surface area (Å²) in [4.78, 5) is 7.35. The molecule has 0 aliphatic carbocycles. The Labute approximate surface area is 214 Å². The van der Waals surface area contributed by atoms with Gasteiger partial charge in [-0.3, -0.25) is 4.90 Å². The minimum absolute atomic E-state index is 0. The Morgan fingerprint density at radius 3 is 2.42 bits per heavy atom. The van der Waals surface area contributed by atoms with Crippen LogP contribution in [0.3, 0.4) is 0 Å². The summed E-state index contributed by atoms with van der Waals surface area (Å²) in [6.45, 7) is 6.33. The molecule has 0 radical (unpaired) electrons. The van der Waals surface area contributed by atoms with Gasteiger partial charge in [0.1, 0.15) is 5.75 Å². The zero-order valence-corrected chi connectivity index (χ0v) is 22.4. The number of aliphatic imine (C=N–C) groups is 1. The fourth-order valence-electron chi connectivity index (χ4n) is 4.14. The predicted molar refractivity (Wildman–Crippen MR) is 144 cm³/mol. The van der Waals surface area contributed by atoms with Gasteiger partial charge in [0.2, 0.25) is 0 Å². The SMILES string of the molecule is CCNC(=NCc1cccc(OC)c1OC)NCC(c1cccc(OC)c1)N1CCCC1.I. The first kappa shape index (κ1) is 27.0. The van der Waals surface area contributed by atoms with Crippen molar-refractivity contribution in [3.05, 3.63) is 53.6 Å². The van der Waals surface area contributed by atoms with Gasteiger partial charge in [0, 0.05) is 18.7 Å². The van der Waals surface area contributed by atoms with Gasteiger partial charge < -0.3 is 24.8 Å². The van der Waals surface area contributed by atoms with Gasteiger partial charge in [-0.05, 0) is 56.6 Å². The highest BCUT2D eigenvalue weighted by atomic mass is 127. The van der Waals surface area contributed by atoms with Gasteiger partial charge in [-0.25, -0.2) is 4.99 Å². The molecule has 8 heteroatoms. The first-order valence-corrected chi connectivity index (χ1v) is 11.3.